The Labute approximate surface area is 132 Å². The molecule has 1 aliphatic heterocycles. The van der Waals surface area contributed by atoms with E-state index in [1.165, 1.54) is 0 Å². The number of rotatable bonds is 5. The molecule has 6 heteroatoms. The molecule has 0 aliphatic carbocycles. The summed E-state index contributed by atoms with van der Waals surface area (Å²) in [5.41, 5.74) is 1.93. The lowest BCUT2D eigenvalue weighted by molar-refractivity contribution is -0.126. The summed E-state index contributed by atoms with van der Waals surface area (Å²) >= 11 is 3.48. The van der Waals surface area contributed by atoms with E-state index in [1.54, 1.807) is 12.0 Å². The van der Waals surface area contributed by atoms with E-state index in [2.05, 4.69) is 21.2 Å². The van der Waals surface area contributed by atoms with Crippen LogP contribution in [-0.2, 0) is 14.3 Å². The van der Waals surface area contributed by atoms with Crippen molar-refractivity contribution in [2.45, 2.75) is 13.3 Å². The van der Waals surface area contributed by atoms with Gasteiger partial charge in [-0.15, -0.1) is 0 Å². The maximum atomic E-state index is 12.2. The Balaban J connectivity index is 2.04. The summed E-state index contributed by atoms with van der Waals surface area (Å²) in [6, 6.07) is 5.83. The summed E-state index contributed by atoms with van der Waals surface area (Å²) in [6.07, 6.45) is 0.249. The highest BCUT2D eigenvalue weighted by atomic mass is 79.9. The number of hydrogen-bond donors (Lipinski definition) is 1. The topological polar surface area (TPSA) is 58.6 Å². The average molecular weight is 355 g/mol. The van der Waals surface area contributed by atoms with Gasteiger partial charge in [-0.05, 0) is 40.5 Å². The van der Waals surface area contributed by atoms with Gasteiger partial charge in [0.15, 0.2) is 0 Å². The third-order valence-electron chi connectivity index (χ3n) is 3.50. The van der Waals surface area contributed by atoms with Gasteiger partial charge in [0.25, 0.3) is 0 Å². The van der Waals surface area contributed by atoms with Gasteiger partial charge in [-0.25, -0.2) is 0 Å². The number of nitrogens with one attached hydrogen (secondary N) is 1. The summed E-state index contributed by atoms with van der Waals surface area (Å²) in [6.45, 7) is 3.35. The number of benzene rings is 1. The maximum Gasteiger partial charge on any atom is 0.227 e. The van der Waals surface area contributed by atoms with E-state index in [1.807, 2.05) is 25.1 Å². The molecule has 1 aliphatic rings. The van der Waals surface area contributed by atoms with Gasteiger partial charge in [-0.2, -0.15) is 0 Å². The van der Waals surface area contributed by atoms with Crippen LogP contribution in [-0.4, -0.2) is 38.6 Å². The Morgan fingerprint density at radius 2 is 2.29 bits per heavy atom. The Morgan fingerprint density at radius 1 is 1.52 bits per heavy atom. The number of carbonyl (C=O) groups is 2. The molecule has 0 radical (unpaired) electrons. The number of aryl methyl sites for hydroxylation is 1. The molecule has 21 heavy (non-hydrogen) atoms. The smallest absolute Gasteiger partial charge is 0.227 e. The second-order valence-electron chi connectivity index (χ2n) is 5.14. The lowest BCUT2D eigenvalue weighted by Crippen LogP contribution is -2.34. The van der Waals surface area contributed by atoms with Gasteiger partial charge < -0.3 is 15.0 Å². The highest BCUT2D eigenvalue weighted by molar-refractivity contribution is 9.10. The molecule has 2 rings (SSSR count). The molecule has 1 aromatic carbocycles. The molecule has 1 fully saturated rings. The number of hydrogen-bond acceptors (Lipinski definition) is 3. The van der Waals surface area contributed by atoms with Crippen molar-refractivity contribution >= 4 is 33.4 Å². The Hall–Kier alpha value is -1.40. The van der Waals surface area contributed by atoms with E-state index >= 15 is 0 Å². The van der Waals surface area contributed by atoms with Crippen LogP contribution < -0.4 is 10.2 Å². The highest BCUT2D eigenvalue weighted by Gasteiger charge is 2.35. The largest absolute Gasteiger partial charge is 0.383 e. The van der Waals surface area contributed by atoms with Gasteiger partial charge in [-0.1, -0.05) is 6.07 Å². The number of anilines is 1. The average Bonchev–Trinajstić information content (AvgIpc) is 2.81. The summed E-state index contributed by atoms with van der Waals surface area (Å²) in [5, 5.41) is 2.79. The molecule has 1 N–H and O–H groups in total. The van der Waals surface area contributed by atoms with Crippen LogP contribution in [0.3, 0.4) is 0 Å². The van der Waals surface area contributed by atoms with Crippen molar-refractivity contribution in [2.24, 2.45) is 5.92 Å². The Bertz CT molecular complexity index is 548. The van der Waals surface area contributed by atoms with Crippen molar-refractivity contribution in [1.29, 1.82) is 0 Å². The Kier molecular flexibility index (Phi) is 5.36. The van der Waals surface area contributed by atoms with Crippen molar-refractivity contribution in [3.8, 4) is 0 Å². The van der Waals surface area contributed by atoms with E-state index in [0.717, 1.165) is 15.7 Å². The third-order valence-corrected chi connectivity index (χ3v) is 4.13. The minimum absolute atomic E-state index is 0.0218. The lowest BCUT2D eigenvalue weighted by atomic mass is 10.1. The molecule has 0 aromatic heterocycles. The van der Waals surface area contributed by atoms with Crippen LogP contribution >= 0.6 is 15.9 Å². The molecule has 1 saturated heterocycles. The van der Waals surface area contributed by atoms with Crippen LogP contribution in [0.1, 0.15) is 12.0 Å². The molecule has 1 aromatic rings. The number of carbonyl (C=O) groups excluding carboxylic acids is 2. The molecule has 1 unspecified atom stereocenters. The van der Waals surface area contributed by atoms with Crippen LogP contribution in [0.2, 0.25) is 0 Å². The zero-order valence-electron chi connectivity index (χ0n) is 12.2. The van der Waals surface area contributed by atoms with Crippen LogP contribution in [0.5, 0.6) is 0 Å². The lowest BCUT2D eigenvalue weighted by Gasteiger charge is -2.18. The number of halogens is 1. The monoisotopic (exact) mass is 354 g/mol. The predicted octanol–water partition coefficient (Wildman–Crippen LogP) is 1.87. The first-order chi connectivity index (χ1) is 10.0. The minimum Gasteiger partial charge on any atom is -0.383 e. The van der Waals surface area contributed by atoms with Gasteiger partial charge in [-0.3, -0.25) is 9.59 Å². The molecule has 2 amide bonds. The molecule has 0 spiro atoms. The van der Waals surface area contributed by atoms with Crippen LogP contribution in [0.25, 0.3) is 0 Å². The molecule has 0 saturated carbocycles. The first-order valence-electron chi connectivity index (χ1n) is 6.86. The first kappa shape index (κ1) is 16.0. The fraction of sp³-hybridized carbons (Fsp3) is 0.467. The number of amides is 2. The quantitative estimate of drug-likeness (QED) is 0.821. The van der Waals surface area contributed by atoms with Gasteiger partial charge in [0, 0.05) is 31.1 Å². The molecule has 1 atom stereocenters. The van der Waals surface area contributed by atoms with Crippen LogP contribution in [0, 0.1) is 12.8 Å². The van der Waals surface area contributed by atoms with Gasteiger partial charge in [0.2, 0.25) is 11.8 Å². The van der Waals surface area contributed by atoms with E-state index in [-0.39, 0.29) is 24.2 Å². The van der Waals surface area contributed by atoms with Crippen molar-refractivity contribution in [3.63, 3.8) is 0 Å². The second-order valence-corrected chi connectivity index (χ2v) is 6.00. The molecule has 0 bridgehead atoms. The van der Waals surface area contributed by atoms with Crippen LogP contribution in [0.15, 0.2) is 22.7 Å². The summed E-state index contributed by atoms with van der Waals surface area (Å²) in [4.78, 5) is 25.9. The van der Waals surface area contributed by atoms with E-state index in [0.29, 0.717) is 19.7 Å². The minimum atomic E-state index is -0.303. The van der Waals surface area contributed by atoms with Gasteiger partial charge in [0.1, 0.15) is 0 Å². The normalized spacial score (nSPS) is 18.1. The summed E-state index contributed by atoms with van der Waals surface area (Å²) in [7, 11) is 1.59. The molecular weight excluding hydrogens is 336 g/mol. The second kappa shape index (κ2) is 7.04. The van der Waals surface area contributed by atoms with Crippen molar-refractivity contribution in [2.75, 3.05) is 31.7 Å². The van der Waals surface area contributed by atoms with E-state index in [9.17, 15) is 9.59 Å². The van der Waals surface area contributed by atoms with Gasteiger partial charge >= 0.3 is 0 Å². The van der Waals surface area contributed by atoms with E-state index in [4.69, 9.17) is 4.74 Å². The standard InChI is InChI=1S/C15H19BrN2O3/c1-10-3-4-13(12(16)7-10)18-9-11(8-14(18)19)15(20)17-5-6-21-2/h3-4,7,11H,5-6,8-9H2,1-2H3,(H,17,20). The number of methoxy groups -OCH3 is 1. The fourth-order valence-corrected chi connectivity index (χ4v) is 3.07. The Morgan fingerprint density at radius 3 is 2.95 bits per heavy atom. The van der Waals surface area contributed by atoms with Crippen LogP contribution in [0.4, 0.5) is 5.69 Å². The summed E-state index contributed by atoms with van der Waals surface area (Å²) in [5.74, 6) is -0.417. The third kappa shape index (κ3) is 3.83. The maximum absolute atomic E-state index is 12.2. The number of nitrogens with zero attached hydrogens (tertiary/aromatic N) is 1. The highest BCUT2D eigenvalue weighted by Crippen LogP contribution is 2.32. The molecule has 114 valence electrons. The van der Waals surface area contributed by atoms with Gasteiger partial charge in [0.05, 0.1) is 18.2 Å². The predicted molar refractivity (Wildman–Crippen MR) is 84.2 cm³/mol. The molecule has 5 nitrogen and oxygen atoms in total. The van der Waals surface area contributed by atoms with Crippen molar-refractivity contribution in [1.82, 2.24) is 5.32 Å². The zero-order valence-corrected chi connectivity index (χ0v) is 13.8. The molecule has 1 heterocycles. The first-order valence-corrected chi connectivity index (χ1v) is 7.65. The van der Waals surface area contributed by atoms with Crippen molar-refractivity contribution in [3.05, 3.63) is 28.2 Å². The number of ether oxygens (including phenoxy) is 1. The zero-order chi connectivity index (χ0) is 15.4. The summed E-state index contributed by atoms with van der Waals surface area (Å²) < 4.78 is 5.77. The molecular formula is C15H19BrN2O3. The van der Waals surface area contributed by atoms with Crippen molar-refractivity contribution < 1.29 is 14.3 Å². The SMILES string of the molecule is COCCNC(=O)C1CC(=O)N(c2ccc(C)cc2Br)C1. The fourth-order valence-electron chi connectivity index (χ4n) is 2.37. The van der Waals surface area contributed by atoms with E-state index < -0.39 is 0 Å².